The van der Waals surface area contributed by atoms with E-state index in [0.717, 1.165) is 29.2 Å². The van der Waals surface area contributed by atoms with Gasteiger partial charge in [-0.3, -0.25) is 0 Å². The molecule has 10 heteroatoms. The number of thioether (sulfide) groups is 1. The van der Waals surface area contributed by atoms with Crippen LogP contribution in [0.15, 0.2) is 38.4 Å². The number of benzene rings is 1. The third-order valence-corrected chi connectivity index (χ3v) is 7.40. The van der Waals surface area contributed by atoms with Crippen LogP contribution in [-0.4, -0.2) is 34.6 Å². The Hall–Kier alpha value is -2.85. The number of nitrogens with zero attached hydrogens (tertiary/aromatic N) is 4. The molecule has 0 N–H and O–H groups in total. The van der Waals surface area contributed by atoms with E-state index in [2.05, 4.69) is 33.3 Å². The van der Waals surface area contributed by atoms with E-state index in [0.29, 0.717) is 40.1 Å². The Morgan fingerprint density at radius 1 is 1.16 bits per heavy atom. The Morgan fingerprint density at radius 3 is 2.88 bits per heavy atom. The molecule has 0 saturated carbocycles. The van der Waals surface area contributed by atoms with Gasteiger partial charge in [0.05, 0.1) is 24.8 Å². The molecule has 1 atom stereocenters. The fraction of sp³-hybridized carbons (Fsp3) is 0.364. The summed E-state index contributed by atoms with van der Waals surface area (Å²) in [5, 5.41) is 12.9. The number of fused-ring (bicyclic) bond motifs is 1. The molecule has 1 aliphatic rings. The van der Waals surface area contributed by atoms with Crippen molar-refractivity contribution in [2.24, 2.45) is 5.92 Å². The summed E-state index contributed by atoms with van der Waals surface area (Å²) in [6.45, 7) is 2.30. The molecule has 0 fully saturated rings. The Kier molecular flexibility index (Phi) is 5.88. The number of hydrogen-bond donors (Lipinski definition) is 0. The van der Waals surface area contributed by atoms with Crippen LogP contribution in [0.4, 0.5) is 0 Å². The van der Waals surface area contributed by atoms with Crippen molar-refractivity contribution < 1.29 is 18.4 Å². The van der Waals surface area contributed by atoms with Crippen molar-refractivity contribution in [3.8, 4) is 33.7 Å². The second-order valence-electron chi connectivity index (χ2n) is 7.65. The molecule has 8 nitrogen and oxygen atoms in total. The van der Waals surface area contributed by atoms with Crippen molar-refractivity contribution in [1.29, 1.82) is 0 Å². The molecule has 0 bridgehead atoms. The SMILES string of the molecule is COc1ccc(-c2noc(CSc3nnc(-c4cc5c(s4)CC[C@@H](C)C5)o3)n2)cc1OC. The zero-order chi connectivity index (χ0) is 22.1. The van der Waals surface area contributed by atoms with E-state index >= 15 is 0 Å². The highest BCUT2D eigenvalue weighted by Gasteiger charge is 2.21. The average Bonchev–Trinajstić information content (AvgIpc) is 3.56. The minimum absolute atomic E-state index is 0.431. The summed E-state index contributed by atoms with van der Waals surface area (Å²) < 4.78 is 21.9. The van der Waals surface area contributed by atoms with Gasteiger partial charge in [-0.2, -0.15) is 4.98 Å². The summed E-state index contributed by atoms with van der Waals surface area (Å²) in [7, 11) is 3.18. The number of ether oxygens (including phenoxy) is 2. The van der Waals surface area contributed by atoms with Crippen LogP contribution in [0, 0.1) is 5.92 Å². The largest absolute Gasteiger partial charge is 0.493 e. The first kappa shape index (κ1) is 21.0. The van der Waals surface area contributed by atoms with Gasteiger partial charge in [0.2, 0.25) is 11.7 Å². The topological polar surface area (TPSA) is 96.3 Å². The second-order valence-corrected chi connectivity index (χ2v) is 9.71. The zero-order valence-corrected chi connectivity index (χ0v) is 19.6. The predicted molar refractivity (Wildman–Crippen MR) is 121 cm³/mol. The fourth-order valence-corrected chi connectivity index (χ4v) is 5.44. The summed E-state index contributed by atoms with van der Waals surface area (Å²) in [5.74, 6) is 3.93. The Bertz CT molecular complexity index is 1230. The lowest BCUT2D eigenvalue weighted by atomic mass is 9.90. The number of hydrogen-bond acceptors (Lipinski definition) is 10. The van der Waals surface area contributed by atoms with Crippen LogP contribution in [0.5, 0.6) is 11.5 Å². The molecular weight excluding hydrogens is 448 g/mol. The maximum atomic E-state index is 5.87. The molecule has 1 aliphatic carbocycles. The average molecular weight is 471 g/mol. The third kappa shape index (κ3) is 4.24. The van der Waals surface area contributed by atoms with Gasteiger partial charge >= 0.3 is 0 Å². The quantitative estimate of drug-likeness (QED) is 0.334. The third-order valence-electron chi connectivity index (χ3n) is 5.38. The number of aromatic nitrogens is 4. The van der Waals surface area contributed by atoms with Crippen LogP contribution in [-0.2, 0) is 18.6 Å². The van der Waals surface area contributed by atoms with Crippen LogP contribution in [0.1, 0.15) is 29.7 Å². The highest BCUT2D eigenvalue weighted by Crippen LogP contribution is 2.37. The number of methoxy groups -OCH3 is 2. The van der Waals surface area contributed by atoms with Gasteiger partial charge in [0, 0.05) is 10.4 Å². The van der Waals surface area contributed by atoms with E-state index in [4.69, 9.17) is 18.4 Å². The summed E-state index contributed by atoms with van der Waals surface area (Å²) in [4.78, 5) is 6.94. The smallest absolute Gasteiger partial charge is 0.277 e. The van der Waals surface area contributed by atoms with Crippen LogP contribution in [0.25, 0.3) is 22.2 Å². The van der Waals surface area contributed by atoms with Crippen molar-refractivity contribution in [2.75, 3.05) is 14.2 Å². The molecule has 5 rings (SSSR count). The molecule has 0 aliphatic heterocycles. The van der Waals surface area contributed by atoms with E-state index in [1.54, 1.807) is 25.6 Å². The zero-order valence-electron chi connectivity index (χ0n) is 18.0. The van der Waals surface area contributed by atoms with Crippen LogP contribution >= 0.6 is 23.1 Å². The highest BCUT2D eigenvalue weighted by atomic mass is 32.2. The molecule has 4 aromatic rings. The van der Waals surface area contributed by atoms with Gasteiger partial charge in [0.25, 0.3) is 11.1 Å². The fourth-order valence-electron chi connectivity index (χ4n) is 3.71. The molecule has 0 radical (unpaired) electrons. The van der Waals surface area contributed by atoms with Crippen molar-refractivity contribution in [3.05, 3.63) is 40.6 Å². The lowest BCUT2D eigenvalue weighted by molar-refractivity contribution is 0.355. The molecule has 0 amide bonds. The second kappa shape index (κ2) is 8.95. The van der Waals surface area contributed by atoms with E-state index in [1.807, 2.05) is 18.2 Å². The monoisotopic (exact) mass is 470 g/mol. The Labute approximate surface area is 193 Å². The number of aryl methyl sites for hydroxylation is 1. The molecule has 1 aromatic carbocycles. The lowest BCUT2D eigenvalue weighted by Crippen LogP contribution is -2.07. The van der Waals surface area contributed by atoms with Crippen LogP contribution in [0.3, 0.4) is 0 Å². The van der Waals surface area contributed by atoms with Gasteiger partial charge in [-0.25, -0.2) is 0 Å². The first-order valence-electron chi connectivity index (χ1n) is 10.3. The van der Waals surface area contributed by atoms with Crippen LogP contribution in [0.2, 0.25) is 0 Å². The maximum absolute atomic E-state index is 5.87. The van der Waals surface area contributed by atoms with Crippen LogP contribution < -0.4 is 9.47 Å². The first-order valence-corrected chi connectivity index (χ1v) is 12.1. The summed E-state index contributed by atoms with van der Waals surface area (Å²) in [5.41, 5.74) is 2.20. The van der Waals surface area contributed by atoms with Crippen molar-refractivity contribution >= 4 is 23.1 Å². The molecule has 0 spiro atoms. The molecule has 0 saturated heterocycles. The molecular formula is C22H22N4O4S2. The molecule has 3 aromatic heterocycles. The van der Waals surface area contributed by atoms with E-state index in [1.165, 1.54) is 28.6 Å². The number of rotatable bonds is 7. The molecule has 32 heavy (non-hydrogen) atoms. The lowest BCUT2D eigenvalue weighted by Gasteiger charge is -2.16. The van der Waals surface area contributed by atoms with E-state index in [9.17, 15) is 0 Å². The summed E-state index contributed by atoms with van der Waals surface area (Å²) in [6, 6.07) is 7.67. The van der Waals surface area contributed by atoms with Gasteiger partial charge in [0.1, 0.15) is 0 Å². The normalized spacial score (nSPS) is 15.5. The van der Waals surface area contributed by atoms with Gasteiger partial charge in [0.15, 0.2) is 11.5 Å². The van der Waals surface area contributed by atoms with Crippen molar-refractivity contribution in [2.45, 2.75) is 37.2 Å². The van der Waals surface area contributed by atoms with Gasteiger partial charge < -0.3 is 18.4 Å². The Balaban J connectivity index is 1.25. The van der Waals surface area contributed by atoms with Gasteiger partial charge in [-0.05, 0) is 55.0 Å². The van der Waals surface area contributed by atoms with E-state index in [-0.39, 0.29) is 0 Å². The first-order chi connectivity index (χ1) is 15.6. The Morgan fingerprint density at radius 2 is 2.03 bits per heavy atom. The molecule has 166 valence electrons. The standard InChI is InChI=1S/C22H22N4O4S2/c1-12-4-7-17-14(8-12)10-18(32-17)21-24-25-22(29-21)31-11-19-23-20(26-30-19)13-5-6-15(27-2)16(9-13)28-3/h5-6,9-10,12H,4,7-8,11H2,1-3H3/t12-/m1/s1. The summed E-state index contributed by atoms with van der Waals surface area (Å²) >= 11 is 3.13. The minimum atomic E-state index is 0.431. The van der Waals surface area contributed by atoms with Crippen molar-refractivity contribution in [1.82, 2.24) is 20.3 Å². The molecule has 3 heterocycles. The maximum Gasteiger partial charge on any atom is 0.277 e. The van der Waals surface area contributed by atoms with Gasteiger partial charge in [-0.1, -0.05) is 23.8 Å². The van der Waals surface area contributed by atoms with Gasteiger partial charge in [-0.15, -0.1) is 21.5 Å². The van der Waals surface area contributed by atoms with Crippen molar-refractivity contribution in [3.63, 3.8) is 0 Å². The highest BCUT2D eigenvalue weighted by molar-refractivity contribution is 7.98. The predicted octanol–water partition coefficient (Wildman–Crippen LogP) is 5.28. The molecule has 0 unspecified atom stereocenters. The summed E-state index contributed by atoms with van der Waals surface area (Å²) in [6.07, 6.45) is 3.50. The van der Waals surface area contributed by atoms with E-state index < -0.39 is 0 Å². The minimum Gasteiger partial charge on any atom is -0.493 e. The number of thiophene rings is 1.